The van der Waals surface area contributed by atoms with E-state index < -0.39 is 4.92 Å². The molecule has 1 aliphatic heterocycles. The second-order valence-electron chi connectivity index (χ2n) is 3.26. The highest BCUT2D eigenvalue weighted by Gasteiger charge is 2.21. The van der Waals surface area contributed by atoms with Crippen LogP contribution in [0.15, 0.2) is 18.2 Å². The quantitative estimate of drug-likeness (QED) is 0.456. The van der Waals surface area contributed by atoms with Gasteiger partial charge >= 0.3 is 0 Å². The summed E-state index contributed by atoms with van der Waals surface area (Å²) in [6.07, 6.45) is -0.00627. The fourth-order valence-corrected chi connectivity index (χ4v) is 1.23. The van der Waals surface area contributed by atoms with Gasteiger partial charge in [-0.25, -0.2) is 0 Å². The largest absolute Gasteiger partial charge is 0.485 e. The number of anilines is 1. The summed E-state index contributed by atoms with van der Waals surface area (Å²) in [6, 6.07) is 4.40. The minimum atomic E-state index is -0.528. The molecule has 1 aliphatic rings. The molecule has 0 aliphatic carbocycles. The Morgan fingerprint density at radius 2 is 2.27 bits per heavy atom. The summed E-state index contributed by atoms with van der Waals surface area (Å²) < 4.78 is 10.3. The molecule has 1 heterocycles. The van der Waals surface area contributed by atoms with Crippen LogP contribution in [0.4, 0.5) is 11.4 Å². The molecule has 1 saturated heterocycles. The summed E-state index contributed by atoms with van der Waals surface area (Å²) in [4.78, 5) is 10.1. The number of nitrogens with zero attached hydrogens (tertiary/aromatic N) is 1. The van der Waals surface area contributed by atoms with Gasteiger partial charge in [-0.05, 0) is 12.1 Å². The lowest BCUT2D eigenvalue weighted by Crippen LogP contribution is -2.38. The lowest BCUT2D eigenvalue weighted by atomic mass is 10.2. The van der Waals surface area contributed by atoms with E-state index in [-0.39, 0.29) is 17.5 Å². The van der Waals surface area contributed by atoms with Crippen LogP contribution in [0.5, 0.6) is 5.75 Å². The van der Waals surface area contributed by atoms with Crippen molar-refractivity contribution in [1.29, 1.82) is 0 Å². The van der Waals surface area contributed by atoms with Gasteiger partial charge in [-0.1, -0.05) is 0 Å². The molecular weight excluding hydrogens is 200 g/mol. The van der Waals surface area contributed by atoms with Crippen LogP contribution in [-0.4, -0.2) is 24.2 Å². The van der Waals surface area contributed by atoms with Crippen molar-refractivity contribution in [2.45, 2.75) is 6.10 Å². The Bertz CT molecular complexity index is 390. The standard InChI is InChI=1S/C9H10N2O4/c10-8-2-1-6(3-9(8)11(12)13)15-7-4-14-5-7/h1-3,7H,4-5,10H2. The van der Waals surface area contributed by atoms with Crippen LogP contribution in [0.3, 0.4) is 0 Å². The zero-order valence-electron chi connectivity index (χ0n) is 7.88. The Hall–Kier alpha value is -1.82. The van der Waals surface area contributed by atoms with Gasteiger partial charge < -0.3 is 15.2 Å². The molecular formula is C9H10N2O4. The Balaban J connectivity index is 2.17. The lowest BCUT2D eigenvalue weighted by Gasteiger charge is -2.26. The zero-order valence-corrected chi connectivity index (χ0v) is 7.88. The minimum absolute atomic E-state index is 0.00627. The molecule has 1 aromatic carbocycles. The number of rotatable bonds is 3. The van der Waals surface area contributed by atoms with E-state index in [1.165, 1.54) is 12.1 Å². The molecule has 2 rings (SSSR count). The van der Waals surface area contributed by atoms with Crippen LogP contribution < -0.4 is 10.5 Å². The fourth-order valence-electron chi connectivity index (χ4n) is 1.23. The van der Waals surface area contributed by atoms with Gasteiger partial charge in [-0.3, -0.25) is 10.1 Å². The molecule has 0 bridgehead atoms. The van der Waals surface area contributed by atoms with E-state index in [1.807, 2.05) is 0 Å². The third-order valence-corrected chi connectivity index (χ3v) is 2.11. The molecule has 0 radical (unpaired) electrons. The molecule has 0 unspecified atom stereocenters. The number of nitrogens with two attached hydrogens (primary N) is 1. The monoisotopic (exact) mass is 210 g/mol. The fraction of sp³-hybridized carbons (Fsp3) is 0.333. The molecule has 0 saturated carbocycles. The Morgan fingerprint density at radius 3 is 2.80 bits per heavy atom. The Morgan fingerprint density at radius 1 is 1.53 bits per heavy atom. The Kier molecular flexibility index (Phi) is 2.42. The normalized spacial score (nSPS) is 15.7. The summed E-state index contributed by atoms with van der Waals surface area (Å²) in [5.41, 5.74) is 5.45. The topological polar surface area (TPSA) is 87.6 Å². The summed E-state index contributed by atoms with van der Waals surface area (Å²) in [7, 11) is 0. The highest BCUT2D eigenvalue weighted by Crippen LogP contribution is 2.27. The SMILES string of the molecule is Nc1ccc(OC2COC2)cc1[N+](=O)[O-]. The van der Waals surface area contributed by atoms with Gasteiger partial charge in [-0.2, -0.15) is 0 Å². The summed E-state index contributed by atoms with van der Waals surface area (Å²) in [5.74, 6) is 0.448. The molecule has 0 amide bonds. The second kappa shape index (κ2) is 3.74. The van der Waals surface area contributed by atoms with Gasteiger partial charge in [0.1, 0.15) is 17.5 Å². The first kappa shape index (κ1) is 9.72. The molecule has 1 aromatic rings. The third-order valence-electron chi connectivity index (χ3n) is 2.11. The lowest BCUT2D eigenvalue weighted by molar-refractivity contribution is -0.384. The average molecular weight is 210 g/mol. The first-order valence-corrected chi connectivity index (χ1v) is 4.45. The van der Waals surface area contributed by atoms with Gasteiger partial charge in [0.25, 0.3) is 5.69 Å². The van der Waals surface area contributed by atoms with Crippen LogP contribution in [0.25, 0.3) is 0 Å². The molecule has 6 heteroatoms. The van der Waals surface area contributed by atoms with Crippen molar-refractivity contribution in [3.8, 4) is 5.75 Å². The van der Waals surface area contributed by atoms with E-state index in [9.17, 15) is 10.1 Å². The molecule has 0 spiro atoms. The number of hydrogen-bond acceptors (Lipinski definition) is 5. The first-order valence-electron chi connectivity index (χ1n) is 4.45. The van der Waals surface area contributed by atoms with Crippen LogP contribution in [-0.2, 0) is 4.74 Å². The molecule has 80 valence electrons. The van der Waals surface area contributed by atoms with E-state index in [0.29, 0.717) is 19.0 Å². The van der Waals surface area contributed by atoms with E-state index in [0.717, 1.165) is 0 Å². The van der Waals surface area contributed by atoms with E-state index in [2.05, 4.69) is 0 Å². The maximum Gasteiger partial charge on any atom is 0.295 e. The number of nitro groups is 1. The maximum atomic E-state index is 10.6. The van der Waals surface area contributed by atoms with Crippen molar-refractivity contribution >= 4 is 11.4 Å². The molecule has 0 atom stereocenters. The van der Waals surface area contributed by atoms with Crippen LogP contribution >= 0.6 is 0 Å². The van der Waals surface area contributed by atoms with Gasteiger partial charge in [0.15, 0.2) is 0 Å². The van der Waals surface area contributed by atoms with Gasteiger partial charge in [0.05, 0.1) is 24.2 Å². The molecule has 0 aromatic heterocycles. The van der Waals surface area contributed by atoms with Crippen LogP contribution in [0.1, 0.15) is 0 Å². The van der Waals surface area contributed by atoms with E-state index in [4.69, 9.17) is 15.2 Å². The predicted octanol–water partition coefficient (Wildman–Crippen LogP) is 0.955. The second-order valence-corrected chi connectivity index (χ2v) is 3.26. The van der Waals surface area contributed by atoms with Crippen LogP contribution in [0.2, 0.25) is 0 Å². The predicted molar refractivity (Wildman–Crippen MR) is 52.7 cm³/mol. The van der Waals surface area contributed by atoms with Gasteiger partial charge in [-0.15, -0.1) is 0 Å². The summed E-state index contributed by atoms with van der Waals surface area (Å²) >= 11 is 0. The van der Waals surface area contributed by atoms with E-state index in [1.54, 1.807) is 6.07 Å². The zero-order chi connectivity index (χ0) is 10.8. The Labute approximate surface area is 85.7 Å². The molecule has 2 N–H and O–H groups in total. The van der Waals surface area contributed by atoms with Crippen molar-refractivity contribution in [2.24, 2.45) is 0 Å². The number of nitrogen functional groups attached to an aromatic ring is 1. The average Bonchev–Trinajstić information content (AvgIpc) is 2.13. The van der Waals surface area contributed by atoms with Crippen LogP contribution in [0, 0.1) is 10.1 Å². The molecule has 15 heavy (non-hydrogen) atoms. The summed E-state index contributed by atoms with van der Waals surface area (Å²) in [6.45, 7) is 1.05. The van der Waals surface area contributed by atoms with Gasteiger partial charge in [0.2, 0.25) is 0 Å². The minimum Gasteiger partial charge on any atom is -0.485 e. The van der Waals surface area contributed by atoms with Crippen molar-refractivity contribution in [3.63, 3.8) is 0 Å². The number of benzene rings is 1. The van der Waals surface area contributed by atoms with Crippen molar-refractivity contribution in [2.75, 3.05) is 18.9 Å². The number of hydrogen-bond donors (Lipinski definition) is 1. The third kappa shape index (κ3) is 1.99. The number of ether oxygens (including phenoxy) is 2. The van der Waals surface area contributed by atoms with E-state index >= 15 is 0 Å². The molecule has 1 fully saturated rings. The maximum absolute atomic E-state index is 10.6. The highest BCUT2D eigenvalue weighted by molar-refractivity contribution is 5.60. The summed E-state index contributed by atoms with van der Waals surface area (Å²) in [5, 5.41) is 10.6. The van der Waals surface area contributed by atoms with Crippen molar-refractivity contribution in [1.82, 2.24) is 0 Å². The highest BCUT2D eigenvalue weighted by atomic mass is 16.6. The molecule has 6 nitrogen and oxygen atoms in total. The van der Waals surface area contributed by atoms with Crippen molar-refractivity contribution < 1.29 is 14.4 Å². The first-order chi connectivity index (χ1) is 7.16. The number of nitro benzene ring substituents is 1. The smallest absolute Gasteiger partial charge is 0.295 e. The van der Waals surface area contributed by atoms with Crippen molar-refractivity contribution in [3.05, 3.63) is 28.3 Å². The van der Waals surface area contributed by atoms with Gasteiger partial charge in [0, 0.05) is 0 Å².